The third-order valence-corrected chi connectivity index (χ3v) is 3.18. The van der Waals surface area contributed by atoms with Gasteiger partial charge in [-0.3, -0.25) is 0 Å². The summed E-state index contributed by atoms with van der Waals surface area (Å²) in [6, 6.07) is 9.77. The molecule has 1 fully saturated rings. The number of nitrogens with two attached hydrogens (primary N) is 1. The molecule has 1 aliphatic carbocycles. The fourth-order valence-electron chi connectivity index (χ4n) is 2.26. The molecule has 1 saturated carbocycles. The Morgan fingerprint density at radius 1 is 1.21 bits per heavy atom. The Morgan fingerprint density at radius 2 is 2.00 bits per heavy atom. The summed E-state index contributed by atoms with van der Waals surface area (Å²) in [5.41, 5.74) is 8.13. The predicted octanol–water partition coefficient (Wildman–Crippen LogP) is 2.99. The van der Waals surface area contributed by atoms with Gasteiger partial charge < -0.3 is 5.73 Å². The second-order valence-electron chi connectivity index (χ2n) is 4.19. The summed E-state index contributed by atoms with van der Waals surface area (Å²) in [5.74, 6) is 0.760. The van der Waals surface area contributed by atoms with Gasteiger partial charge in [0, 0.05) is 6.54 Å². The van der Waals surface area contributed by atoms with Crippen LogP contribution in [0, 0.1) is 6.07 Å². The van der Waals surface area contributed by atoms with E-state index in [1.165, 1.54) is 43.2 Å². The number of benzene rings is 1. The van der Waals surface area contributed by atoms with Crippen molar-refractivity contribution in [2.75, 3.05) is 0 Å². The van der Waals surface area contributed by atoms with Gasteiger partial charge in [0.25, 0.3) is 0 Å². The number of rotatable bonds is 2. The molecule has 1 aliphatic rings. The summed E-state index contributed by atoms with van der Waals surface area (Å²) in [5, 5.41) is 0. The molecule has 75 valence electrons. The average molecular weight is 188 g/mol. The Morgan fingerprint density at radius 3 is 2.57 bits per heavy atom. The van der Waals surface area contributed by atoms with Crippen molar-refractivity contribution in [3.8, 4) is 0 Å². The molecule has 0 unspecified atom stereocenters. The van der Waals surface area contributed by atoms with Crippen molar-refractivity contribution in [2.45, 2.75) is 44.6 Å². The molecule has 14 heavy (non-hydrogen) atoms. The summed E-state index contributed by atoms with van der Waals surface area (Å²) in [6.07, 6.45) is 6.88. The standard InChI is InChI=1S/C13H18N/c14-10-11-6-8-13(9-7-11)12-4-2-1-3-5-12/h6-8,12H,1-5,10,14H2. The summed E-state index contributed by atoms with van der Waals surface area (Å²) < 4.78 is 0. The number of hydrogen-bond donors (Lipinski definition) is 1. The molecule has 2 N–H and O–H groups in total. The van der Waals surface area contributed by atoms with Crippen LogP contribution in [0.1, 0.15) is 49.1 Å². The molecule has 0 atom stereocenters. The molecule has 0 heterocycles. The third kappa shape index (κ3) is 2.16. The van der Waals surface area contributed by atoms with Crippen molar-refractivity contribution in [1.29, 1.82) is 0 Å². The van der Waals surface area contributed by atoms with E-state index < -0.39 is 0 Å². The molecular weight excluding hydrogens is 170 g/mol. The molecule has 1 aromatic carbocycles. The lowest BCUT2D eigenvalue weighted by Crippen LogP contribution is -2.05. The van der Waals surface area contributed by atoms with Crippen LogP contribution < -0.4 is 5.73 Å². The van der Waals surface area contributed by atoms with Gasteiger partial charge in [-0.2, -0.15) is 0 Å². The predicted molar refractivity (Wildman–Crippen MR) is 59.0 cm³/mol. The van der Waals surface area contributed by atoms with E-state index in [1.54, 1.807) is 0 Å². The molecule has 0 bridgehead atoms. The lowest BCUT2D eigenvalue weighted by atomic mass is 9.84. The minimum Gasteiger partial charge on any atom is -0.326 e. The lowest BCUT2D eigenvalue weighted by molar-refractivity contribution is 0.443. The summed E-state index contributed by atoms with van der Waals surface area (Å²) >= 11 is 0. The molecule has 0 spiro atoms. The Labute approximate surface area is 86.3 Å². The second-order valence-corrected chi connectivity index (χ2v) is 4.19. The normalized spacial score (nSPS) is 18.4. The van der Waals surface area contributed by atoms with Crippen molar-refractivity contribution in [1.82, 2.24) is 0 Å². The van der Waals surface area contributed by atoms with Gasteiger partial charge >= 0.3 is 0 Å². The van der Waals surface area contributed by atoms with E-state index in [2.05, 4.69) is 18.2 Å². The molecule has 1 aromatic rings. The van der Waals surface area contributed by atoms with Crippen LogP contribution in [0.3, 0.4) is 0 Å². The van der Waals surface area contributed by atoms with Crippen molar-refractivity contribution >= 4 is 0 Å². The fraction of sp³-hybridized carbons (Fsp3) is 0.538. The van der Waals surface area contributed by atoms with Gasteiger partial charge in [-0.15, -0.1) is 0 Å². The smallest absolute Gasteiger partial charge is 0.0178 e. The van der Waals surface area contributed by atoms with E-state index >= 15 is 0 Å². The van der Waals surface area contributed by atoms with Gasteiger partial charge in [0.15, 0.2) is 0 Å². The van der Waals surface area contributed by atoms with Gasteiger partial charge in [0.2, 0.25) is 0 Å². The third-order valence-electron chi connectivity index (χ3n) is 3.18. The monoisotopic (exact) mass is 188 g/mol. The Kier molecular flexibility index (Phi) is 3.20. The van der Waals surface area contributed by atoms with Crippen molar-refractivity contribution in [3.63, 3.8) is 0 Å². The summed E-state index contributed by atoms with van der Waals surface area (Å²) in [7, 11) is 0. The van der Waals surface area contributed by atoms with Crippen LogP contribution in [-0.2, 0) is 6.54 Å². The van der Waals surface area contributed by atoms with Crippen molar-refractivity contribution in [3.05, 3.63) is 35.4 Å². The van der Waals surface area contributed by atoms with Crippen molar-refractivity contribution < 1.29 is 0 Å². The first-order valence-electron chi connectivity index (χ1n) is 5.61. The molecule has 0 saturated heterocycles. The number of hydrogen-bond acceptors (Lipinski definition) is 1. The van der Waals surface area contributed by atoms with E-state index in [1.807, 2.05) is 6.07 Å². The SMILES string of the molecule is NCc1c[c]c(C2CCCCC2)cc1. The van der Waals surface area contributed by atoms with Gasteiger partial charge in [-0.05, 0) is 42.0 Å². The highest BCUT2D eigenvalue weighted by molar-refractivity contribution is 5.24. The van der Waals surface area contributed by atoms with Gasteiger partial charge in [-0.1, -0.05) is 31.4 Å². The summed E-state index contributed by atoms with van der Waals surface area (Å²) in [6.45, 7) is 0.626. The molecule has 2 rings (SSSR count). The second kappa shape index (κ2) is 4.61. The first-order chi connectivity index (χ1) is 6.90. The zero-order valence-electron chi connectivity index (χ0n) is 8.63. The van der Waals surface area contributed by atoms with Crippen LogP contribution in [0.4, 0.5) is 0 Å². The van der Waals surface area contributed by atoms with E-state index in [9.17, 15) is 0 Å². The van der Waals surface area contributed by atoms with Crippen LogP contribution in [0.25, 0.3) is 0 Å². The van der Waals surface area contributed by atoms with E-state index in [0.717, 1.165) is 5.92 Å². The summed E-state index contributed by atoms with van der Waals surface area (Å²) in [4.78, 5) is 0. The van der Waals surface area contributed by atoms with Gasteiger partial charge in [0.1, 0.15) is 0 Å². The average Bonchev–Trinajstić information content (AvgIpc) is 2.30. The van der Waals surface area contributed by atoms with Gasteiger partial charge in [0.05, 0.1) is 0 Å². The van der Waals surface area contributed by atoms with E-state index in [4.69, 9.17) is 5.73 Å². The lowest BCUT2D eigenvalue weighted by Gasteiger charge is -2.21. The maximum Gasteiger partial charge on any atom is 0.0178 e. The Bertz CT molecular complexity index is 270. The van der Waals surface area contributed by atoms with Crippen LogP contribution in [0.5, 0.6) is 0 Å². The minimum absolute atomic E-state index is 0.626. The molecule has 1 radical (unpaired) electrons. The quantitative estimate of drug-likeness (QED) is 0.758. The molecule has 0 aromatic heterocycles. The van der Waals surface area contributed by atoms with Gasteiger partial charge in [-0.25, -0.2) is 0 Å². The highest BCUT2D eigenvalue weighted by atomic mass is 14.5. The maximum absolute atomic E-state index is 5.56. The first kappa shape index (κ1) is 9.72. The van der Waals surface area contributed by atoms with Crippen LogP contribution >= 0.6 is 0 Å². The Balaban J connectivity index is 2.07. The van der Waals surface area contributed by atoms with E-state index in [0.29, 0.717) is 6.54 Å². The zero-order valence-corrected chi connectivity index (χ0v) is 8.63. The maximum atomic E-state index is 5.56. The molecule has 1 nitrogen and oxygen atoms in total. The molecular formula is C13H18N. The Hall–Kier alpha value is -0.820. The highest BCUT2D eigenvalue weighted by Crippen LogP contribution is 2.32. The van der Waals surface area contributed by atoms with Crippen molar-refractivity contribution in [2.24, 2.45) is 5.73 Å². The fourth-order valence-corrected chi connectivity index (χ4v) is 2.26. The van der Waals surface area contributed by atoms with Crippen LogP contribution in [0.2, 0.25) is 0 Å². The minimum atomic E-state index is 0.626. The first-order valence-corrected chi connectivity index (χ1v) is 5.61. The van der Waals surface area contributed by atoms with Crippen LogP contribution in [0.15, 0.2) is 18.2 Å². The molecule has 0 aliphatic heterocycles. The molecule has 1 heteroatoms. The topological polar surface area (TPSA) is 26.0 Å². The largest absolute Gasteiger partial charge is 0.326 e. The highest BCUT2D eigenvalue weighted by Gasteiger charge is 2.14. The zero-order chi connectivity index (χ0) is 9.80. The van der Waals surface area contributed by atoms with Crippen LogP contribution in [-0.4, -0.2) is 0 Å². The molecule has 0 amide bonds. The van der Waals surface area contributed by atoms with E-state index in [-0.39, 0.29) is 0 Å².